The number of carbonyl (C=O) groups is 1. The topological polar surface area (TPSA) is 77.2 Å². The van der Waals surface area contributed by atoms with Crippen molar-refractivity contribution in [2.75, 3.05) is 18.2 Å². The van der Waals surface area contributed by atoms with Gasteiger partial charge >= 0.3 is 5.97 Å². The predicted octanol–water partition coefficient (Wildman–Crippen LogP) is 1.66. The van der Waals surface area contributed by atoms with Gasteiger partial charge in [-0.25, -0.2) is 9.78 Å². The minimum atomic E-state index is -0.442. The van der Waals surface area contributed by atoms with Gasteiger partial charge in [-0.15, -0.1) is 0 Å². The standard InChI is InChI=1S/C12H17N3O2/c1-12(2)6-8(12)15-10-9(13)7(4-5-14-10)11(16)17-3/h4-5,8H,6,13H2,1-3H3,(H,14,15). The van der Waals surface area contributed by atoms with Gasteiger partial charge < -0.3 is 15.8 Å². The third-order valence-corrected chi connectivity index (χ3v) is 3.22. The number of anilines is 2. The predicted molar refractivity (Wildman–Crippen MR) is 65.8 cm³/mol. The van der Waals surface area contributed by atoms with E-state index in [0.29, 0.717) is 23.1 Å². The van der Waals surface area contributed by atoms with Crippen LogP contribution in [-0.4, -0.2) is 24.1 Å². The van der Waals surface area contributed by atoms with Crippen molar-refractivity contribution >= 4 is 17.5 Å². The molecular formula is C12H17N3O2. The van der Waals surface area contributed by atoms with Gasteiger partial charge in [-0.1, -0.05) is 13.8 Å². The van der Waals surface area contributed by atoms with E-state index in [1.54, 1.807) is 12.3 Å². The molecule has 5 nitrogen and oxygen atoms in total. The van der Waals surface area contributed by atoms with Crippen LogP contribution in [-0.2, 0) is 4.74 Å². The van der Waals surface area contributed by atoms with E-state index in [1.165, 1.54) is 7.11 Å². The summed E-state index contributed by atoms with van der Waals surface area (Å²) < 4.78 is 4.66. The highest BCUT2D eigenvalue weighted by Gasteiger charge is 2.46. The molecule has 0 bridgehead atoms. The van der Waals surface area contributed by atoms with Crippen LogP contribution in [0.25, 0.3) is 0 Å². The van der Waals surface area contributed by atoms with Crippen molar-refractivity contribution < 1.29 is 9.53 Å². The van der Waals surface area contributed by atoms with Crippen LogP contribution >= 0.6 is 0 Å². The highest BCUT2D eigenvalue weighted by atomic mass is 16.5. The Labute approximate surface area is 100 Å². The molecule has 0 aliphatic heterocycles. The lowest BCUT2D eigenvalue weighted by Gasteiger charge is -2.11. The SMILES string of the molecule is COC(=O)c1ccnc(NC2CC2(C)C)c1N. The van der Waals surface area contributed by atoms with Crippen molar-refractivity contribution in [2.45, 2.75) is 26.3 Å². The summed E-state index contributed by atoms with van der Waals surface area (Å²) in [4.78, 5) is 15.6. The van der Waals surface area contributed by atoms with Gasteiger partial charge in [0, 0.05) is 12.2 Å². The van der Waals surface area contributed by atoms with Crippen LogP contribution < -0.4 is 11.1 Å². The number of nitrogen functional groups attached to an aromatic ring is 1. The second kappa shape index (κ2) is 3.91. The Balaban J connectivity index is 2.21. The lowest BCUT2D eigenvalue weighted by Crippen LogP contribution is -2.14. The average Bonchev–Trinajstić information content (AvgIpc) is 2.88. The number of nitrogens with zero attached hydrogens (tertiary/aromatic N) is 1. The lowest BCUT2D eigenvalue weighted by molar-refractivity contribution is 0.0602. The number of hydrogen-bond acceptors (Lipinski definition) is 5. The molecule has 0 aromatic carbocycles. The maximum Gasteiger partial charge on any atom is 0.340 e. The molecule has 17 heavy (non-hydrogen) atoms. The maximum atomic E-state index is 11.5. The zero-order valence-electron chi connectivity index (χ0n) is 10.3. The van der Waals surface area contributed by atoms with Gasteiger partial charge in [0.15, 0.2) is 0 Å². The van der Waals surface area contributed by atoms with Crippen molar-refractivity contribution in [1.29, 1.82) is 0 Å². The van der Waals surface area contributed by atoms with Crippen LogP contribution in [0.15, 0.2) is 12.3 Å². The normalized spacial score (nSPS) is 20.8. The van der Waals surface area contributed by atoms with Gasteiger partial charge in [0.2, 0.25) is 0 Å². The first kappa shape index (κ1) is 11.7. The zero-order chi connectivity index (χ0) is 12.6. The van der Waals surface area contributed by atoms with Gasteiger partial charge in [-0.05, 0) is 17.9 Å². The van der Waals surface area contributed by atoms with Crippen LogP contribution in [0.1, 0.15) is 30.6 Å². The summed E-state index contributed by atoms with van der Waals surface area (Å²) in [6.07, 6.45) is 2.64. The van der Waals surface area contributed by atoms with Gasteiger partial charge in [0.25, 0.3) is 0 Å². The number of carbonyl (C=O) groups excluding carboxylic acids is 1. The smallest absolute Gasteiger partial charge is 0.340 e. The van der Waals surface area contributed by atoms with Gasteiger partial charge in [0.05, 0.1) is 18.4 Å². The van der Waals surface area contributed by atoms with E-state index in [-0.39, 0.29) is 5.41 Å². The molecule has 0 radical (unpaired) electrons. The van der Waals surface area contributed by atoms with Crippen LogP contribution in [0.2, 0.25) is 0 Å². The van der Waals surface area contributed by atoms with E-state index in [4.69, 9.17) is 5.73 Å². The quantitative estimate of drug-likeness (QED) is 0.779. The summed E-state index contributed by atoms with van der Waals surface area (Å²) in [5.74, 6) is 0.117. The Hall–Kier alpha value is -1.78. The number of nitrogens with two attached hydrogens (primary N) is 1. The summed E-state index contributed by atoms with van der Waals surface area (Å²) in [7, 11) is 1.33. The molecule has 1 saturated carbocycles. The summed E-state index contributed by atoms with van der Waals surface area (Å²) in [5.41, 5.74) is 6.87. The Morgan fingerprint density at radius 2 is 2.29 bits per heavy atom. The largest absolute Gasteiger partial charge is 0.465 e. The van der Waals surface area contributed by atoms with Gasteiger partial charge in [-0.3, -0.25) is 0 Å². The molecule has 0 spiro atoms. The minimum absolute atomic E-state index is 0.273. The molecule has 1 aromatic heterocycles. The van der Waals surface area contributed by atoms with Gasteiger partial charge in [-0.2, -0.15) is 0 Å². The van der Waals surface area contributed by atoms with E-state index in [1.807, 2.05) is 0 Å². The molecule has 5 heteroatoms. The summed E-state index contributed by atoms with van der Waals surface area (Å²) in [6.45, 7) is 4.34. The summed E-state index contributed by atoms with van der Waals surface area (Å²) >= 11 is 0. The fourth-order valence-electron chi connectivity index (χ4n) is 1.75. The third-order valence-electron chi connectivity index (χ3n) is 3.22. The number of hydrogen-bond donors (Lipinski definition) is 2. The first-order valence-corrected chi connectivity index (χ1v) is 5.55. The fourth-order valence-corrected chi connectivity index (χ4v) is 1.75. The molecule has 1 unspecified atom stereocenters. The van der Waals surface area contributed by atoms with Crippen LogP contribution in [0, 0.1) is 5.41 Å². The Bertz CT molecular complexity index is 457. The molecule has 1 aliphatic rings. The number of methoxy groups -OCH3 is 1. The molecule has 0 amide bonds. The van der Waals surface area contributed by atoms with Crippen molar-refractivity contribution in [3.05, 3.63) is 17.8 Å². The average molecular weight is 235 g/mol. The maximum absolute atomic E-state index is 11.5. The molecule has 0 saturated heterocycles. The second-order valence-corrected chi connectivity index (χ2v) is 5.00. The van der Waals surface area contributed by atoms with E-state index >= 15 is 0 Å². The van der Waals surface area contributed by atoms with E-state index in [0.717, 1.165) is 6.42 Å². The molecule has 3 N–H and O–H groups in total. The molecule has 1 aliphatic carbocycles. The van der Waals surface area contributed by atoms with E-state index in [2.05, 4.69) is 28.9 Å². The Morgan fingerprint density at radius 1 is 1.65 bits per heavy atom. The van der Waals surface area contributed by atoms with Crippen LogP contribution in [0.5, 0.6) is 0 Å². The minimum Gasteiger partial charge on any atom is -0.465 e. The number of pyridine rings is 1. The highest BCUT2D eigenvalue weighted by Crippen LogP contribution is 2.46. The summed E-state index contributed by atoms with van der Waals surface area (Å²) in [5, 5.41) is 3.25. The third kappa shape index (κ3) is 2.18. The van der Waals surface area contributed by atoms with Crippen LogP contribution in [0.3, 0.4) is 0 Å². The van der Waals surface area contributed by atoms with Crippen LogP contribution in [0.4, 0.5) is 11.5 Å². The Kier molecular flexibility index (Phi) is 2.69. The molecule has 1 atom stereocenters. The molecule has 92 valence electrons. The fraction of sp³-hybridized carbons (Fsp3) is 0.500. The number of rotatable bonds is 3. The highest BCUT2D eigenvalue weighted by molar-refractivity contribution is 5.97. The molecule has 1 fully saturated rings. The number of esters is 1. The lowest BCUT2D eigenvalue weighted by atomic mass is 10.2. The van der Waals surface area contributed by atoms with Crippen molar-refractivity contribution in [2.24, 2.45) is 5.41 Å². The molecule has 1 aromatic rings. The van der Waals surface area contributed by atoms with E-state index in [9.17, 15) is 4.79 Å². The molecule has 1 heterocycles. The van der Waals surface area contributed by atoms with E-state index < -0.39 is 5.97 Å². The van der Waals surface area contributed by atoms with Gasteiger partial charge in [0.1, 0.15) is 5.82 Å². The monoisotopic (exact) mass is 235 g/mol. The number of nitrogens with one attached hydrogen (secondary N) is 1. The first-order valence-electron chi connectivity index (χ1n) is 5.55. The summed E-state index contributed by atoms with van der Waals surface area (Å²) in [6, 6.07) is 1.93. The van der Waals surface area contributed by atoms with Crippen molar-refractivity contribution in [3.8, 4) is 0 Å². The number of ether oxygens (including phenoxy) is 1. The first-order chi connectivity index (χ1) is 7.95. The van der Waals surface area contributed by atoms with Crippen molar-refractivity contribution in [3.63, 3.8) is 0 Å². The Morgan fingerprint density at radius 3 is 2.82 bits per heavy atom. The second-order valence-electron chi connectivity index (χ2n) is 5.00. The van der Waals surface area contributed by atoms with Crippen molar-refractivity contribution in [1.82, 2.24) is 4.98 Å². The number of aromatic nitrogens is 1. The molecule has 2 rings (SSSR count). The zero-order valence-corrected chi connectivity index (χ0v) is 10.3. The molecular weight excluding hydrogens is 218 g/mol.